The van der Waals surface area contributed by atoms with Crippen LogP contribution < -0.4 is 10.1 Å². The van der Waals surface area contributed by atoms with E-state index in [-0.39, 0.29) is 6.61 Å². The number of aromatic nitrogens is 1. The topological polar surface area (TPSA) is 63.6 Å². The van der Waals surface area contributed by atoms with Crippen LogP contribution in [0.3, 0.4) is 0 Å². The van der Waals surface area contributed by atoms with Crippen molar-refractivity contribution < 1.29 is 14.3 Å². The molecule has 0 aliphatic carbocycles. The van der Waals surface area contributed by atoms with Gasteiger partial charge < -0.3 is 19.5 Å². The van der Waals surface area contributed by atoms with E-state index in [0.29, 0.717) is 28.6 Å². The van der Waals surface area contributed by atoms with Gasteiger partial charge in [0.25, 0.3) is 11.7 Å². The molecular weight excluding hydrogens is 402 g/mol. The Balaban J connectivity index is 1.84. The molecule has 1 heterocycles. The summed E-state index contributed by atoms with van der Waals surface area (Å²) >= 11 is 5.93. The fourth-order valence-electron chi connectivity index (χ4n) is 3.34. The van der Waals surface area contributed by atoms with E-state index >= 15 is 0 Å². The molecular formula is C23H26ClN3O3. The number of ether oxygens (including phenoxy) is 1. The molecule has 0 atom stereocenters. The Kier molecular flexibility index (Phi) is 7.13. The summed E-state index contributed by atoms with van der Waals surface area (Å²) in [5.41, 5.74) is 1.91. The summed E-state index contributed by atoms with van der Waals surface area (Å²) in [7, 11) is 5.81. The lowest BCUT2D eigenvalue weighted by molar-refractivity contribution is -0.117. The first kappa shape index (κ1) is 21.9. The number of nitrogens with zero attached hydrogens (tertiary/aromatic N) is 2. The molecule has 3 rings (SSSR count). The van der Waals surface area contributed by atoms with Crippen molar-refractivity contribution in [3.05, 3.63) is 64.8 Å². The largest absolute Gasteiger partial charge is 0.487 e. The van der Waals surface area contributed by atoms with Crippen LogP contribution in [0.15, 0.2) is 48.5 Å². The van der Waals surface area contributed by atoms with Crippen molar-refractivity contribution in [1.82, 2.24) is 14.8 Å². The second-order valence-corrected chi connectivity index (χ2v) is 7.82. The van der Waals surface area contributed by atoms with E-state index in [2.05, 4.69) is 5.32 Å². The van der Waals surface area contributed by atoms with E-state index in [4.69, 9.17) is 16.3 Å². The van der Waals surface area contributed by atoms with Gasteiger partial charge in [0, 0.05) is 29.5 Å². The number of ketones is 1. The first-order valence-electron chi connectivity index (χ1n) is 9.80. The molecule has 0 unspecified atom stereocenters. The number of halogens is 1. The molecule has 0 aliphatic rings. The van der Waals surface area contributed by atoms with Crippen molar-refractivity contribution >= 4 is 34.2 Å². The van der Waals surface area contributed by atoms with Gasteiger partial charge in [0.05, 0.1) is 11.3 Å². The van der Waals surface area contributed by atoms with Crippen molar-refractivity contribution in [2.75, 3.05) is 27.2 Å². The fourth-order valence-corrected chi connectivity index (χ4v) is 3.47. The number of carbonyl (C=O) groups is 2. The van der Waals surface area contributed by atoms with Crippen molar-refractivity contribution in [2.45, 2.75) is 13.0 Å². The molecule has 1 aromatic heterocycles. The minimum absolute atomic E-state index is 0.155. The number of nitrogens with one attached hydrogen (secondary N) is 1. The Morgan fingerprint density at radius 1 is 1.10 bits per heavy atom. The van der Waals surface area contributed by atoms with Crippen LogP contribution in [-0.2, 0) is 18.4 Å². The van der Waals surface area contributed by atoms with E-state index in [1.165, 1.54) is 0 Å². The maximum absolute atomic E-state index is 13.1. The molecule has 0 bridgehead atoms. The van der Waals surface area contributed by atoms with Crippen molar-refractivity contribution in [3.63, 3.8) is 0 Å². The van der Waals surface area contributed by atoms with Crippen molar-refractivity contribution in [2.24, 2.45) is 7.05 Å². The van der Waals surface area contributed by atoms with Gasteiger partial charge in [-0.15, -0.1) is 0 Å². The highest BCUT2D eigenvalue weighted by Gasteiger charge is 2.26. The molecule has 0 radical (unpaired) electrons. The van der Waals surface area contributed by atoms with Gasteiger partial charge in [-0.25, -0.2) is 0 Å². The number of hydrogen-bond donors (Lipinski definition) is 1. The van der Waals surface area contributed by atoms with Crippen LogP contribution in [0, 0.1) is 0 Å². The van der Waals surface area contributed by atoms with E-state index < -0.39 is 11.7 Å². The summed E-state index contributed by atoms with van der Waals surface area (Å²) in [6.07, 6.45) is 0.772. The Morgan fingerprint density at radius 2 is 1.80 bits per heavy atom. The normalized spacial score (nSPS) is 11.1. The third-order valence-corrected chi connectivity index (χ3v) is 5.17. The molecule has 0 fully saturated rings. The molecule has 0 saturated heterocycles. The first-order valence-corrected chi connectivity index (χ1v) is 10.2. The predicted octanol–water partition coefficient (Wildman–Crippen LogP) is 3.66. The smallest absolute Gasteiger partial charge is 0.292 e. The molecule has 1 amide bonds. The zero-order valence-corrected chi connectivity index (χ0v) is 18.2. The SMILES string of the molecule is CN(C)CCCNC(=O)C(=O)c1c(COc2ccc(Cl)cc2)n(C)c2ccccc12. The Hall–Kier alpha value is -2.83. The summed E-state index contributed by atoms with van der Waals surface area (Å²) in [6.45, 7) is 1.44. The number of benzene rings is 2. The first-order chi connectivity index (χ1) is 14.4. The standard InChI is InChI=1S/C23H26ClN3O3/c1-26(2)14-6-13-25-23(29)22(28)21-18-7-4-5-8-19(18)27(3)20(21)15-30-17-11-9-16(24)10-12-17/h4-5,7-12H,6,13-15H2,1-3H3,(H,25,29). The van der Waals surface area contributed by atoms with Crippen LogP contribution in [0.5, 0.6) is 5.75 Å². The van der Waals surface area contributed by atoms with Gasteiger partial charge >= 0.3 is 0 Å². The molecule has 158 valence electrons. The van der Waals surface area contributed by atoms with Crippen molar-refractivity contribution in [3.8, 4) is 5.75 Å². The van der Waals surface area contributed by atoms with Gasteiger partial charge in [-0.05, 0) is 57.4 Å². The van der Waals surface area contributed by atoms with Gasteiger partial charge in [0.15, 0.2) is 0 Å². The average molecular weight is 428 g/mol. The Labute approximate surface area is 181 Å². The Morgan fingerprint density at radius 3 is 2.50 bits per heavy atom. The van der Waals surface area contributed by atoms with Crippen LogP contribution in [0.1, 0.15) is 22.5 Å². The second-order valence-electron chi connectivity index (χ2n) is 7.38. The highest BCUT2D eigenvalue weighted by atomic mass is 35.5. The molecule has 0 aliphatic heterocycles. The van der Waals surface area contributed by atoms with Crippen LogP contribution in [0.2, 0.25) is 5.02 Å². The third kappa shape index (κ3) is 5.01. The quantitative estimate of drug-likeness (QED) is 0.321. The maximum Gasteiger partial charge on any atom is 0.292 e. The number of rotatable bonds is 9. The lowest BCUT2D eigenvalue weighted by atomic mass is 10.1. The minimum Gasteiger partial charge on any atom is -0.487 e. The van der Waals surface area contributed by atoms with Gasteiger partial charge in [-0.1, -0.05) is 29.8 Å². The minimum atomic E-state index is -0.599. The summed E-state index contributed by atoms with van der Waals surface area (Å²) in [5.74, 6) is -0.514. The highest BCUT2D eigenvalue weighted by molar-refractivity contribution is 6.45. The molecule has 7 heteroatoms. The summed E-state index contributed by atoms with van der Waals surface area (Å²) < 4.78 is 7.78. The van der Waals surface area contributed by atoms with Gasteiger partial charge in [0.1, 0.15) is 12.4 Å². The number of fused-ring (bicyclic) bond motifs is 1. The second kappa shape index (κ2) is 9.78. The number of carbonyl (C=O) groups excluding carboxylic acids is 2. The lowest BCUT2D eigenvalue weighted by Gasteiger charge is -2.11. The summed E-state index contributed by atoms with van der Waals surface area (Å²) in [4.78, 5) is 27.7. The van der Waals surface area contributed by atoms with Gasteiger partial charge in [-0.2, -0.15) is 0 Å². The molecule has 0 saturated carbocycles. The lowest BCUT2D eigenvalue weighted by Crippen LogP contribution is -2.33. The van der Waals surface area contributed by atoms with Gasteiger partial charge in [0.2, 0.25) is 0 Å². The van der Waals surface area contributed by atoms with Crippen LogP contribution in [-0.4, -0.2) is 48.3 Å². The molecule has 6 nitrogen and oxygen atoms in total. The third-order valence-electron chi connectivity index (χ3n) is 4.92. The molecule has 2 aromatic carbocycles. The maximum atomic E-state index is 13.1. The Bertz CT molecular complexity index is 1040. The van der Waals surface area contributed by atoms with Crippen LogP contribution in [0.25, 0.3) is 10.9 Å². The summed E-state index contributed by atoms with van der Waals surface area (Å²) in [6, 6.07) is 14.6. The fraction of sp³-hybridized carbons (Fsp3) is 0.304. The molecule has 30 heavy (non-hydrogen) atoms. The average Bonchev–Trinajstić information content (AvgIpc) is 3.02. The monoisotopic (exact) mass is 427 g/mol. The van der Waals surface area contributed by atoms with Gasteiger partial charge in [-0.3, -0.25) is 9.59 Å². The number of hydrogen-bond acceptors (Lipinski definition) is 4. The van der Waals surface area contributed by atoms with E-state index in [1.807, 2.05) is 54.9 Å². The molecule has 1 N–H and O–H groups in total. The predicted molar refractivity (Wildman–Crippen MR) is 119 cm³/mol. The zero-order valence-electron chi connectivity index (χ0n) is 17.4. The number of para-hydroxylation sites is 1. The number of aryl methyl sites for hydroxylation is 1. The summed E-state index contributed by atoms with van der Waals surface area (Å²) in [5, 5.41) is 4.10. The van der Waals surface area contributed by atoms with Crippen LogP contribution in [0.4, 0.5) is 0 Å². The number of Topliss-reactive ketones (excluding diaryl/α,β-unsaturated/α-hetero) is 1. The molecule has 3 aromatic rings. The van der Waals surface area contributed by atoms with E-state index in [9.17, 15) is 9.59 Å². The zero-order chi connectivity index (χ0) is 21.7. The van der Waals surface area contributed by atoms with E-state index in [0.717, 1.165) is 23.9 Å². The van der Waals surface area contributed by atoms with Crippen LogP contribution >= 0.6 is 11.6 Å². The number of amides is 1. The highest BCUT2D eigenvalue weighted by Crippen LogP contribution is 2.27. The molecule has 0 spiro atoms. The van der Waals surface area contributed by atoms with Crippen molar-refractivity contribution in [1.29, 1.82) is 0 Å². The van der Waals surface area contributed by atoms with E-state index in [1.54, 1.807) is 24.3 Å².